The van der Waals surface area contributed by atoms with Crippen molar-refractivity contribution in [1.29, 1.82) is 0 Å². The van der Waals surface area contributed by atoms with Gasteiger partial charge in [0.05, 0.1) is 0 Å². The third-order valence-corrected chi connectivity index (χ3v) is 0.855. The first-order chi connectivity index (χ1) is 2.89. The van der Waals surface area contributed by atoms with Crippen LogP contribution in [0.3, 0.4) is 0 Å². The fourth-order valence-electron chi connectivity index (χ4n) is 0.285. The van der Waals surface area contributed by atoms with E-state index in [1.54, 1.807) is 0 Å². The van der Waals surface area contributed by atoms with Crippen molar-refractivity contribution in [3.8, 4) is 0 Å². The Hall–Kier alpha value is 0.309. The molecule has 0 bridgehead atoms. The van der Waals surface area contributed by atoms with E-state index in [1.165, 1.54) is 0 Å². The molecule has 0 aromatic rings. The predicted octanol–water partition coefficient (Wildman–Crippen LogP) is -0.333. The van der Waals surface area contributed by atoms with E-state index < -0.39 is 0 Å². The van der Waals surface area contributed by atoms with E-state index in [2.05, 4.69) is 15.6 Å². The molecular formula is C3H4MnO2. The zero-order chi connectivity index (χ0) is 4.41. The van der Waals surface area contributed by atoms with Gasteiger partial charge < -0.3 is 0 Å². The fraction of sp³-hybridized carbons (Fsp3) is 0.667. The average molecular weight is 127 g/mol. The average Bonchev–Trinajstić information content (AvgIpc) is 1.86. The van der Waals surface area contributed by atoms with Crippen molar-refractivity contribution in [2.24, 2.45) is 0 Å². The summed E-state index contributed by atoms with van der Waals surface area (Å²) in [4.78, 5) is 0.516. The number of rotatable bonds is 0. The summed E-state index contributed by atoms with van der Waals surface area (Å²) in [6, 6.07) is 0. The molecule has 1 rings (SSSR count). The standard InChI is InChI=1S/C3H4O2.Mn/c1-2-5-3-4-1;/h1-2H2;. The molecule has 0 saturated carbocycles. The zero-order valence-corrected chi connectivity index (χ0v) is 4.29. The van der Waals surface area contributed by atoms with Crippen LogP contribution in [0.1, 0.15) is 0 Å². The fourth-order valence-corrected chi connectivity index (χ4v) is 0.526. The first-order valence-electron chi connectivity index (χ1n) is 1.67. The molecule has 35 valence electrons. The van der Waals surface area contributed by atoms with E-state index in [4.69, 9.17) is 9.47 Å². The van der Waals surface area contributed by atoms with Gasteiger partial charge in [0.2, 0.25) is 0 Å². The van der Waals surface area contributed by atoms with Gasteiger partial charge in [-0.25, -0.2) is 0 Å². The Balaban J connectivity index is 2.37. The molecule has 0 aliphatic carbocycles. The summed E-state index contributed by atoms with van der Waals surface area (Å²) in [5, 5.41) is 0. The van der Waals surface area contributed by atoms with Gasteiger partial charge in [0, 0.05) is 0 Å². The molecule has 0 atom stereocenters. The van der Waals surface area contributed by atoms with Gasteiger partial charge in [-0.05, 0) is 0 Å². The van der Waals surface area contributed by atoms with E-state index >= 15 is 0 Å². The third-order valence-electron chi connectivity index (χ3n) is 0.514. The van der Waals surface area contributed by atoms with Crippen LogP contribution in [-0.2, 0) is 25.0 Å². The maximum absolute atomic E-state index is 4.76. The Morgan fingerprint density at radius 2 is 1.83 bits per heavy atom. The first-order valence-corrected chi connectivity index (χ1v) is 2.26. The molecule has 0 amide bonds. The molecular weight excluding hydrogens is 123 g/mol. The Labute approximate surface area is 43.8 Å². The van der Waals surface area contributed by atoms with E-state index in [0.29, 0.717) is 18.0 Å². The molecule has 0 radical (unpaired) electrons. The van der Waals surface area contributed by atoms with Crippen LogP contribution in [0.4, 0.5) is 0 Å². The SMILES string of the molecule is [Mn]=[C]1OCCO1. The molecule has 0 unspecified atom stereocenters. The summed E-state index contributed by atoms with van der Waals surface area (Å²) in [7, 11) is 0. The first kappa shape index (κ1) is 4.47. The minimum absolute atomic E-state index is 0.516. The monoisotopic (exact) mass is 127 g/mol. The van der Waals surface area contributed by atoms with Gasteiger partial charge in [-0.15, -0.1) is 0 Å². The molecule has 0 aromatic carbocycles. The number of hydrogen-bond acceptors (Lipinski definition) is 2. The van der Waals surface area contributed by atoms with Crippen LogP contribution in [0.25, 0.3) is 0 Å². The van der Waals surface area contributed by atoms with E-state index in [9.17, 15) is 0 Å². The molecule has 3 heteroatoms. The van der Waals surface area contributed by atoms with Crippen LogP contribution in [0.2, 0.25) is 0 Å². The maximum atomic E-state index is 4.76. The van der Waals surface area contributed by atoms with E-state index in [0.717, 1.165) is 0 Å². The number of ether oxygens (including phenoxy) is 2. The summed E-state index contributed by atoms with van der Waals surface area (Å²) in [5.74, 6) is 0. The molecule has 0 aromatic heterocycles. The number of hydrogen-bond donors (Lipinski definition) is 0. The van der Waals surface area contributed by atoms with Crippen LogP contribution in [0.15, 0.2) is 0 Å². The van der Waals surface area contributed by atoms with Crippen molar-refractivity contribution in [2.45, 2.75) is 0 Å². The van der Waals surface area contributed by atoms with Crippen molar-refractivity contribution >= 4 is 4.79 Å². The second-order valence-electron chi connectivity index (χ2n) is 0.935. The second-order valence-corrected chi connectivity index (χ2v) is 1.42. The second kappa shape index (κ2) is 1.85. The van der Waals surface area contributed by atoms with Crippen molar-refractivity contribution in [2.75, 3.05) is 13.2 Å². The summed E-state index contributed by atoms with van der Waals surface area (Å²) < 4.78 is 9.53. The van der Waals surface area contributed by atoms with Gasteiger partial charge in [-0.1, -0.05) is 0 Å². The molecule has 1 heterocycles. The Morgan fingerprint density at radius 3 is 2.00 bits per heavy atom. The van der Waals surface area contributed by atoms with Gasteiger partial charge >= 0.3 is 43.1 Å². The predicted molar refractivity (Wildman–Crippen MR) is 16.9 cm³/mol. The van der Waals surface area contributed by atoms with Crippen molar-refractivity contribution in [1.82, 2.24) is 0 Å². The van der Waals surface area contributed by atoms with Crippen molar-refractivity contribution in [3.05, 3.63) is 0 Å². The van der Waals surface area contributed by atoms with Crippen LogP contribution in [0, 0.1) is 0 Å². The molecule has 1 aliphatic heterocycles. The topological polar surface area (TPSA) is 18.5 Å². The molecule has 6 heavy (non-hydrogen) atoms. The summed E-state index contributed by atoms with van der Waals surface area (Å²) in [5.41, 5.74) is 0. The Kier molecular flexibility index (Phi) is 1.37. The van der Waals surface area contributed by atoms with E-state index in [1.807, 2.05) is 0 Å². The molecule has 2 nitrogen and oxygen atoms in total. The van der Waals surface area contributed by atoms with Crippen molar-refractivity contribution in [3.63, 3.8) is 0 Å². The quantitative estimate of drug-likeness (QED) is 0.414. The normalized spacial score (nSPS) is 22.3. The third kappa shape index (κ3) is 0.883. The van der Waals surface area contributed by atoms with Crippen molar-refractivity contribution < 1.29 is 25.0 Å². The van der Waals surface area contributed by atoms with Gasteiger partial charge in [0.15, 0.2) is 0 Å². The summed E-state index contributed by atoms with van der Waals surface area (Å²) >= 11 is 3.01. The van der Waals surface area contributed by atoms with Gasteiger partial charge in [0.1, 0.15) is 0 Å². The van der Waals surface area contributed by atoms with Crippen LogP contribution >= 0.6 is 0 Å². The molecule has 0 N–H and O–H groups in total. The minimum atomic E-state index is 0.516. The molecule has 0 spiro atoms. The van der Waals surface area contributed by atoms with Gasteiger partial charge in [-0.3, -0.25) is 0 Å². The molecule has 1 saturated heterocycles. The molecule has 1 fully saturated rings. The zero-order valence-electron chi connectivity index (χ0n) is 3.11. The Bertz CT molecular complexity index is 63.2. The van der Waals surface area contributed by atoms with E-state index in [-0.39, 0.29) is 0 Å². The summed E-state index contributed by atoms with van der Waals surface area (Å²) in [6.07, 6.45) is 0. The molecule has 1 aliphatic rings. The Morgan fingerprint density at radius 1 is 1.33 bits per heavy atom. The summed E-state index contributed by atoms with van der Waals surface area (Å²) in [6.45, 7) is 1.36. The van der Waals surface area contributed by atoms with Gasteiger partial charge in [0.25, 0.3) is 0 Å². The van der Waals surface area contributed by atoms with Crippen LogP contribution in [0.5, 0.6) is 0 Å². The van der Waals surface area contributed by atoms with Crippen LogP contribution < -0.4 is 0 Å². The van der Waals surface area contributed by atoms with Gasteiger partial charge in [-0.2, -0.15) is 0 Å². The van der Waals surface area contributed by atoms with Crippen LogP contribution in [-0.4, -0.2) is 18.0 Å².